The summed E-state index contributed by atoms with van der Waals surface area (Å²) in [4.78, 5) is 5.66. The van der Waals surface area contributed by atoms with Crippen molar-refractivity contribution in [3.05, 3.63) is 12.1 Å². The third-order valence-corrected chi connectivity index (χ3v) is 3.10. The summed E-state index contributed by atoms with van der Waals surface area (Å²) in [5.41, 5.74) is 9.90. The number of anilines is 2. The molecule has 0 spiro atoms. The maximum Gasteiger partial charge on any atom is 0.148 e. The van der Waals surface area contributed by atoms with Gasteiger partial charge in [-0.3, -0.25) is 10.3 Å². The van der Waals surface area contributed by atoms with Crippen LogP contribution in [0.5, 0.6) is 11.5 Å². The van der Waals surface area contributed by atoms with Crippen LogP contribution in [0.1, 0.15) is 40.5 Å². The van der Waals surface area contributed by atoms with Crippen LogP contribution in [-0.4, -0.2) is 19.3 Å². The molecule has 5 nitrogen and oxygen atoms in total. The Labute approximate surface area is 121 Å². The maximum absolute atomic E-state index is 6.10. The lowest BCUT2D eigenvalue weighted by atomic mass is 10.1. The summed E-state index contributed by atoms with van der Waals surface area (Å²) in [6, 6.07) is 3.57. The van der Waals surface area contributed by atoms with Gasteiger partial charge >= 0.3 is 0 Å². The third-order valence-electron chi connectivity index (χ3n) is 3.10. The molecular weight excluding hydrogens is 256 g/mol. The van der Waals surface area contributed by atoms with Crippen molar-refractivity contribution in [2.75, 3.05) is 24.9 Å². The van der Waals surface area contributed by atoms with Crippen molar-refractivity contribution in [1.29, 1.82) is 0 Å². The van der Waals surface area contributed by atoms with E-state index < -0.39 is 0 Å². The predicted molar refractivity (Wildman–Crippen MR) is 82.3 cm³/mol. The van der Waals surface area contributed by atoms with Gasteiger partial charge in [-0.1, -0.05) is 13.8 Å². The van der Waals surface area contributed by atoms with Gasteiger partial charge in [0.25, 0.3) is 0 Å². The molecule has 0 amide bonds. The molecule has 3 N–H and O–H groups in total. The first-order chi connectivity index (χ1) is 9.43. The molecule has 20 heavy (non-hydrogen) atoms. The predicted octanol–water partition coefficient (Wildman–Crippen LogP) is 3.60. The van der Waals surface area contributed by atoms with Crippen molar-refractivity contribution >= 4 is 11.4 Å². The van der Waals surface area contributed by atoms with Crippen LogP contribution in [0.3, 0.4) is 0 Å². The molecule has 0 fully saturated rings. The summed E-state index contributed by atoms with van der Waals surface area (Å²) in [5.74, 6) is 1.28. The van der Waals surface area contributed by atoms with E-state index in [4.69, 9.17) is 20.0 Å². The van der Waals surface area contributed by atoms with Crippen LogP contribution in [-0.2, 0) is 4.84 Å². The number of nitrogens with one attached hydrogen (secondary N) is 1. The zero-order valence-electron chi connectivity index (χ0n) is 13.1. The summed E-state index contributed by atoms with van der Waals surface area (Å²) in [6.45, 7) is 8.72. The van der Waals surface area contributed by atoms with Crippen molar-refractivity contribution in [2.45, 2.75) is 46.1 Å². The van der Waals surface area contributed by atoms with E-state index in [0.717, 1.165) is 12.8 Å². The molecule has 1 rings (SSSR count). The Kier molecular flexibility index (Phi) is 5.95. The quantitative estimate of drug-likeness (QED) is 0.563. The first-order valence-corrected chi connectivity index (χ1v) is 6.97. The summed E-state index contributed by atoms with van der Waals surface area (Å²) in [6.07, 6.45) is 1.79. The molecule has 0 radical (unpaired) electrons. The molecule has 0 aliphatic rings. The van der Waals surface area contributed by atoms with E-state index in [9.17, 15) is 0 Å². The average molecular weight is 282 g/mol. The van der Waals surface area contributed by atoms with Crippen LogP contribution in [0, 0.1) is 0 Å². The van der Waals surface area contributed by atoms with Crippen molar-refractivity contribution in [2.24, 2.45) is 0 Å². The molecule has 0 aromatic heterocycles. The van der Waals surface area contributed by atoms with Crippen molar-refractivity contribution in [3.63, 3.8) is 0 Å². The number of rotatable bonds is 8. The van der Waals surface area contributed by atoms with Gasteiger partial charge in [0.15, 0.2) is 0 Å². The molecule has 0 aliphatic carbocycles. The molecule has 0 atom stereocenters. The van der Waals surface area contributed by atoms with Gasteiger partial charge in [0.1, 0.15) is 17.2 Å². The Morgan fingerprint density at radius 2 is 1.95 bits per heavy atom. The van der Waals surface area contributed by atoms with Gasteiger partial charge in [-0.25, -0.2) is 0 Å². The number of nitrogens with two attached hydrogens (primary N) is 1. The van der Waals surface area contributed by atoms with Gasteiger partial charge in [0, 0.05) is 12.1 Å². The van der Waals surface area contributed by atoms with Crippen LogP contribution in [0.2, 0.25) is 0 Å². The second-order valence-corrected chi connectivity index (χ2v) is 5.25. The van der Waals surface area contributed by atoms with E-state index in [-0.39, 0.29) is 5.60 Å². The first-order valence-electron chi connectivity index (χ1n) is 6.97. The Morgan fingerprint density at radius 1 is 1.25 bits per heavy atom. The van der Waals surface area contributed by atoms with Crippen LogP contribution in [0.4, 0.5) is 11.4 Å². The highest BCUT2D eigenvalue weighted by Crippen LogP contribution is 2.35. The van der Waals surface area contributed by atoms with E-state index in [0.29, 0.717) is 29.5 Å². The highest BCUT2D eigenvalue weighted by Gasteiger charge is 2.18. The highest BCUT2D eigenvalue weighted by molar-refractivity contribution is 5.74. The smallest absolute Gasteiger partial charge is 0.148 e. The summed E-state index contributed by atoms with van der Waals surface area (Å²) < 4.78 is 10.9. The second-order valence-electron chi connectivity index (χ2n) is 5.25. The van der Waals surface area contributed by atoms with E-state index in [2.05, 4.69) is 12.4 Å². The fraction of sp³-hybridized carbons (Fsp3) is 0.600. The summed E-state index contributed by atoms with van der Waals surface area (Å²) >= 11 is 0. The molecule has 0 bridgehead atoms. The standard InChI is InChI=1S/C15H26N2O3/c1-6-8-19-13-10-11(18-5)9-12(14(13)16)17-20-15(3,4)7-2/h9-10,17H,6-8,16H2,1-5H3. The zero-order chi connectivity index (χ0) is 15.2. The number of nitrogen functional groups attached to an aromatic ring is 1. The number of benzene rings is 1. The minimum absolute atomic E-state index is 0.278. The number of ether oxygens (including phenoxy) is 2. The second kappa shape index (κ2) is 7.24. The lowest BCUT2D eigenvalue weighted by Gasteiger charge is -2.24. The summed E-state index contributed by atoms with van der Waals surface area (Å²) in [5, 5.41) is 0. The lowest BCUT2D eigenvalue weighted by molar-refractivity contribution is 0.0177. The van der Waals surface area contributed by atoms with Crippen molar-refractivity contribution < 1.29 is 14.3 Å². The fourth-order valence-electron chi connectivity index (χ4n) is 1.40. The molecule has 1 aromatic rings. The van der Waals surface area contributed by atoms with E-state index in [1.54, 1.807) is 19.2 Å². The maximum atomic E-state index is 6.10. The molecule has 0 saturated heterocycles. The molecular formula is C15H26N2O3. The molecule has 114 valence electrons. The normalized spacial score (nSPS) is 11.2. The van der Waals surface area contributed by atoms with E-state index in [1.165, 1.54) is 0 Å². The monoisotopic (exact) mass is 282 g/mol. The van der Waals surface area contributed by atoms with E-state index >= 15 is 0 Å². The molecule has 0 saturated carbocycles. The van der Waals surface area contributed by atoms with Crippen molar-refractivity contribution in [1.82, 2.24) is 0 Å². The minimum Gasteiger partial charge on any atom is -0.497 e. The lowest BCUT2D eigenvalue weighted by Crippen LogP contribution is -2.26. The van der Waals surface area contributed by atoms with Gasteiger partial charge in [-0.15, -0.1) is 0 Å². The molecule has 0 aliphatic heterocycles. The number of hydrogen-bond donors (Lipinski definition) is 2. The SMILES string of the molecule is CCCOc1cc(OC)cc(NOC(C)(C)CC)c1N. The topological polar surface area (TPSA) is 65.7 Å². The van der Waals surface area contributed by atoms with Gasteiger partial charge in [-0.05, 0) is 26.7 Å². The van der Waals surface area contributed by atoms with Crippen LogP contribution >= 0.6 is 0 Å². The van der Waals surface area contributed by atoms with Crippen LogP contribution in [0.15, 0.2) is 12.1 Å². The Bertz CT molecular complexity index is 433. The largest absolute Gasteiger partial charge is 0.497 e. The number of methoxy groups -OCH3 is 1. The molecule has 0 heterocycles. The Balaban J connectivity index is 2.93. The van der Waals surface area contributed by atoms with Crippen LogP contribution < -0.4 is 20.7 Å². The van der Waals surface area contributed by atoms with Gasteiger partial charge in [-0.2, -0.15) is 0 Å². The Hall–Kier alpha value is -1.62. The first kappa shape index (κ1) is 16.4. The molecule has 0 unspecified atom stereocenters. The van der Waals surface area contributed by atoms with Crippen LogP contribution in [0.25, 0.3) is 0 Å². The van der Waals surface area contributed by atoms with Gasteiger partial charge in [0.05, 0.1) is 25.0 Å². The van der Waals surface area contributed by atoms with E-state index in [1.807, 2.05) is 20.8 Å². The molecule has 1 aromatic carbocycles. The third kappa shape index (κ3) is 4.49. The molecule has 5 heteroatoms. The summed E-state index contributed by atoms with van der Waals surface area (Å²) in [7, 11) is 1.61. The van der Waals surface area contributed by atoms with Crippen molar-refractivity contribution in [3.8, 4) is 11.5 Å². The zero-order valence-corrected chi connectivity index (χ0v) is 13.1. The minimum atomic E-state index is -0.278. The fourth-order valence-corrected chi connectivity index (χ4v) is 1.40. The number of hydrogen-bond acceptors (Lipinski definition) is 5. The average Bonchev–Trinajstić information content (AvgIpc) is 2.45. The van der Waals surface area contributed by atoms with Gasteiger partial charge < -0.3 is 15.2 Å². The Morgan fingerprint density at radius 3 is 2.50 bits per heavy atom. The van der Waals surface area contributed by atoms with Gasteiger partial charge in [0.2, 0.25) is 0 Å². The highest BCUT2D eigenvalue weighted by atomic mass is 16.7.